The first kappa shape index (κ1) is 19.9. The van der Waals surface area contributed by atoms with Gasteiger partial charge in [-0.2, -0.15) is 5.10 Å². The lowest BCUT2D eigenvalue weighted by molar-refractivity contribution is 0.563. The zero-order valence-electron chi connectivity index (χ0n) is 14.9. The van der Waals surface area contributed by atoms with Gasteiger partial charge in [-0.05, 0) is 43.3 Å². The Morgan fingerprint density at radius 3 is 2.66 bits per heavy atom. The largest absolute Gasteiger partial charge is 0.422 e. The van der Waals surface area contributed by atoms with Crippen LogP contribution in [0.3, 0.4) is 0 Å². The summed E-state index contributed by atoms with van der Waals surface area (Å²) in [6.07, 6.45) is 0. The van der Waals surface area contributed by atoms with E-state index in [1.54, 1.807) is 47.8 Å². The Morgan fingerprint density at radius 1 is 1.10 bits per heavy atom. The number of aromatic nitrogens is 1. The van der Waals surface area contributed by atoms with Crippen molar-refractivity contribution < 1.29 is 4.42 Å². The number of hydrazone groups is 1. The van der Waals surface area contributed by atoms with Crippen LogP contribution in [0.1, 0.15) is 12.5 Å². The van der Waals surface area contributed by atoms with E-state index in [1.807, 2.05) is 6.92 Å². The molecule has 2 aromatic heterocycles. The van der Waals surface area contributed by atoms with Crippen LogP contribution >= 0.6 is 46.1 Å². The van der Waals surface area contributed by atoms with E-state index in [2.05, 4.69) is 15.5 Å². The maximum atomic E-state index is 12.3. The molecule has 146 valence electrons. The van der Waals surface area contributed by atoms with Crippen molar-refractivity contribution in [3.05, 3.63) is 78.9 Å². The first-order valence-electron chi connectivity index (χ1n) is 8.36. The number of fused-ring (bicyclic) bond motifs is 1. The third-order valence-corrected chi connectivity index (χ3v) is 5.64. The molecule has 0 fully saturated rings. The van der Waals surface area contributed by atoms with Gasteiger partial charge in [-0.25, -0.2) is 9.78 Å². The first-order chi connectivity index (χ1) is 13.9. The van der Waals surface area contributed by atoms with Gasteiger partial charge in [0.2, 0.25) is 5.13 Å². The summed E-state index contributed by atoms with van der Waals surface area (Å²) in [5, 5.41) is 8.94. The third-order valence-electron chi connectivity index (χ3n) is 4.11. The second kappa shape index (κ2) is 8.16. The number of nitrogens with one attached hydrogen (secondary N) is 1. The van der Waals surface area contributed by atoms with Gasteiger partial charge in [-0.3, -0.25) is 5.43 Å². The van der Waals surface area contributed by atoms with Crippen molar-refractivity contribution in [1.29, 1.82) is 0 Å². The van der Waals surface area contributed by atoms with E-state index >= 15 is 0 Å². The van der Waals surface area contributed by atoms with Crippen molar-refractivity contribution >= 4 is 68.0 Å². The number of halogens is 3. The van der Waals surface area contributed by atoms with Crippen molar-refractivity contribution in [3.63, 3.8) is 0 Å². The predicted molar refractivity (Wildman–Crippen MR) is 121 cm³/mol. The molecule has 0 atom stereocenters. The smallest absolute Gasteiger partial charge is 0.345 e. The van der Waals surface area contributed by atoms with E-state index in [0.717, 1.165) is 10.9 Å². The summed E-state index contributed by atoms with van der Waals surface area (Å²) in [6, 6.07) is 12.0. The Balaban J connectivity index is 1.61. The van der Waals surface area contributed by atoms with E-state index < -0.39 is 5.63 Å². The fourth-order valence-electron chi connectivity index (χ4n) is 2.70. The molecule has 2 aromatic carbocycles. The first-order valence-corrected chi connectivity index (χ1v) is 10.4. The maximum absolute atomic E-state index is 12.3. The quantitative estimate of drug-likeness (QED) is 0.207. The predicted octanol–water partition coefficient (Wildman–Crippen LogP) is 6.71. The molecule has 5 nitrogen and oxygen atoms in total. The third kappa shape index (κ3) is 4.31. The summed E-state index contributed by atoms with van der Waals surface area (Å²) in [4.78, 5) is 16.8. The van der Waals surface area contributed by atoms with Crippen LogP contribution in [-0.2, 0) is 0 Å². The molecule has 0 aliphatic rings. The number of anilines is 1. The Labute approximate surface area is 184 Å². The molecule has 4 aromatic rings. The van der Waals surface area contributed by atoms with Crippen molar-refractivity contribution in [1.82, 2.24) is 4.98 Å². The summed E-state index contributed by atoms with van der Waals surface area (Å²) in [5.41, 5.74) is 5.16. The van der Waals surface area contributed by atoms with Gasteiger partial charge in [0, 0.05) is 26.4 Å². The topological polar surface area (TPSA) is 67.5 Å². The highest BCUT2D eigenvalue weighted by Gasteiger charge is 2.12. The minimum absolute atomic E-state index is 0.352. The Hall–Kier alpha value is -2.38. The van der Waals surface area contributed by atoms with E-state index in [1.165, 1.54) is 11.3 Å². The Morgan fingerprint density at radius 2 is 1.86 bits per heavy atom. The normalized spacial score (nSPS) is 11.8. The number of nitrogens with zero attached hydrogens (tertiary/aromatic N) is 2. The molecule has 0 aliphatic heterocycles. The molecule has 4 rings (SSSR count). The fourth-order valence-corrected chi connectivity index (χ4v) is 4.07. The molecule has 0 bridgehead atoms. The molecule has 0 unspecified atom stereocenters. The van der Waals surface area contributed by atoms with E-state index in [-0.39, 0.29) is 0 Å². The zero-order valence-corrected chi connectivity index (χ0v) is 18.0. The standard InChI is InChI=1S/C20H12Cl3N3O2S/c1-10(14-4-2-13(22)8-16(14)23)25-26-20-24-17(9-29-20)15-7-11-6-12(21)3-5-18(11)28-19(15)27/h2-9H,1H3,(H,24,26)/b25-10-. The highest BCUT2D eigenvalue weighted by atomic mass is 35.5. The minimum atomic E-state index is -0.468. The summed E-state index contributed by atoms with van der Waals surface area (Å²) >= 11 is 19.5. The summed E-state index contributed by atoms with van der Waals surface area (Å²) in [6.45, 7) is 1.82. The van der Waals surface area contributed by atoms with Gasteiger partial charge in [-0.1, -0.05) is 40.9 Å². The molecule has 0 spiro atoms. The molecule has 0 saturated heterocycles. The van der Waals surface area contributed by atoms with Crippen molar-refractivity contribution in [2.24, 2.45) is 5.10 Å². The second-order valence-corrected chi connectivity index (χ2v) is 8.24. The fraction of sp³-hybridized carbons (Fsp3) is 0.0500. The van der Waals surface area contributed by atoms with Gasteiger partial charge in [-0.15, -0.1) is 11.3 Å². The van der Waals surface area contributed by atoms with Crippen LogP contribution in [0.2, 0.25) is 15.1 Å². The average molecular weight is 465 g/mol. The van der Waals surface area contributed by atoms with E-state index in [0.29, 0.717) is 42.8 Å². The number of hydrogen-bond donors (Lipinski definition) is 1. The lowest BCUT2D eigenvalue weighted by atomic mass is 10.1. The highest BCUT2D eigenvalue weighted by Crippen LogP contribution is 2.27. The van der Waals surface area contributed by atoms with E-state index in [9.17, 15) is 4.79 Å². The molecule has 9 heteroatoms. The van der Waals surface area contributed by atoms with Gasteiger partial charge < -0.3 is 4.42 Å². The lowest BCUT2D eigenvalue weighted by Gasteiger charge is -2.04. The van der Waals surface area contributed by atoms with Gasteiger partial charge in [0.05, 0.1) is 22.0 Å². The summed E-state index contributed by atoms with van der Waals surface area (Å²) in [5.74, 6) is 0. The van der Waals surface area contributed by atoms with Gasteiger partial charge in [0.15, 0.2) is 0 Å². The van der Waals surface area contributed by atoms with E-state index in [4.69, 9.17) is 39.2 Å². The zero-order chi connectivity index (χ0) is 20.5. The minimum Gasteiger partial charge on any atom is -0.422 e. The molecule has 0 saturated carbocycles. The number of benzene rings is 2. The number of rotatable bonds is 4. The number of hydrogen-bond acceptors (Lipinski definition) is 6. The molecular weight excluding hydrogens is 453 g/mol. The second-order valence-electron chi connectivity index (χ2n) is 6.10. The highest BCUT2D eigenvalue weighted by molar-refractivity contribution is 7.14. The van der Waals surface area contributed by atoms with Gasteiger partial charge in [0.25, 0.3) is 0 Å². The summed E-state index contributed by atoms with van der Waals surface area (Å²) in [7, 11) is 0. The van der Waals surface area contributed by atoms with Gasteiger partial charge in [0.1, 0.15) is 5.58 Å². The molecule has 0 radical (unpaired) electrons. The summed E-state index contributed by atoms with van der Waals surface area (Å²) < 4.78 is 5.37. The van der Waals surface area contributed by atoms with Crippen LogP contribution in [-0.4, -0.2) is 10.7 Å². The number of thiazole rings is 1. The van der Waals surface area contributed by atoms with Crippen LogP contribution in [0, 0.1) is 0 Å². The van der Waals surface area contributed by atoms with Crippen LogP contribution in [0.5, 0.6) is 0 Å². The van der Waals surface area contributed by atoms with Gasteiger partial charge >= 0.3 is 5.63 Å². The van der Waals surface area contributed by atoms with Crippen molar-refractivity contribution in [2.75, 3.05) is 5.43 Å². The molecule has 0 aliphatic carbocycles. The monoisotopic (exact) mass is 463 g/mol. The lowest BCUT2D eigenvalue weighted by Crippen LogP contribution is -2.03. The molecular formula is C20H12Cl3N3O2S. The van der Waals surface area contributed by atoms with Crippen LogP contribution in [0.25, 0.3) is 22.2 Å². The molecule has 2 heterocycles. The average Bonchev–Trinajstić information content (AvgIpc) is 3.14. The Bertz CT molecular complexity index is 1310. The SMILES string of the molecule is C/C(=N/Nc1nc(-c2cc3cc(Cl)ccc3oc2=O)cs1)c1ccc(Cl)cc1Cl. The molecule has 29 heavy (non-hydrogen) atoms. The maximum Gasteiger partial charge on any atom is 0.345 e. The van der Waals surface area contributed by atoms with Crippen LogP contribution in [0.15, 0.2) is 62.2 Å². The molecule has 1 N–H and O–H groups in total. The van der Waals surface area contributed by atoms with Crippen LogP contribution < -0.4 is 11.1 Å². The van der Waals surface area contributed by atoms with Crippen molar-refractivity contribution in [3.8, 4) is 11.3 Å². The van der Waals surface area contributed by atoms with Crippen LogP contribution in [0.4, 0.5) is 5.13 Å². The molecule has 0 amide bonds. The Kier molecular flexibility index (Phi) is 5.61. The van der Waals surface area contributed by atoms with Crippen molar-refractivity contribution in [2.45, 2.75) is 6.92 Å².